The number of aliphatic carboxylic acids is 1. The lowest BCUT2D eigenvalue weighted by Gasteiger charge is -2.30. The van der Waals surface area contributed by atoms with E-state index in [1.807, 2.05) is 6.92 Å². The first-order valence-corrected chi connectivity index (χ1v) is 5.52. The second kappa shape index (κ2) is 4.82. The van der Waals surface area contributed by atoms with Crippen molar-refractivity contribution in [3.63, 3.8) is 0 Å². The van der Waals surface area contributed by atoms with Gasteiger partial charge in [0.2, 0.25) is 0 Å². The molecule has 5 nitrogen and oxygen atoms in total. The number of carboxylic acid groups (broad SMARTS) is 1. The molecule has 1 heterocycles. The molecule has 1 N–H and O–H groups in total. The summed E-state index contributed by atoms with van der Waals surface area (Å²) in [6.45, 7) is 4.43. The number of nitrogens with zero attached hydrogens (tertiary/aromatic N) is 1. The summed E-state index contributed by atoms with van der Waals surface area (Å²) in [4.78, 5) is 24.5. The van der Waals surface area contributed by atoms with E-state index in [-0.39, 0.29) is 5.91 Å². The van der Waals surface area contributed by atoms with Crippen LogP contribution in [0, 0.1) is 5.92 Å². The summed E-state index contributed by atoms with van der Waals surface area (Å²) in [5.41, 5.74) is -0.826. The lowest BCUT2D eigenvalue weighted by molar-refractivity contribution is -0.152. The number of amides is 1. The first-order chi connectivity index (χ1) is 7.44. The van der Waals surface area contributed by atoms with E-state index < -0.39 is 17.5 Å². The largest absolute Gasteiger partial charge is 0.481 e. The molecule has 5 heteroatoms. The molecule has 0 radical (unpaired) electrons. The van der Waals surface area contributed by atoms with Gasteiger partial charge < -0.3 is 14.7 Å². The molecule has 0 aromatic carbocycles. The van der Waals surface area contributed by atoms with Crippen molar-refractivity contribution in [3.05, 3.63) is 0 Å². The third-order valence-corrected chi connectivity index (χ3v) is 3.40. The fourth-order valence-corrected chi connectivity index (χ4v) is 1.86. The highest BCUT2D eigenvalue weighted by Gasteiger charge is 2.39. The van der Waals surface area contributed by atoms with Crippen LogP contribution in [0.4, 0.5) is 0 Å². The van der Waals surface area contributed by atoms with Crippen LogP contribution in [-0.4, -0.2) is 47.7 Å². The Bertz CT molecular complexity index is 286. The minimum Gasteiger partial charge on any atom is -0.481 e. The van der Waals surface area contributed by atoms with Gasteiger partial charge in [-0.2, -0.15) is 0 Å². The average molecular weight is 229 g/mol. The van der Waals surface area contributed by atoms with Gasteiger partial charge in [-0.3, -0.25) is 9.59 Å². The van der Waals surface area contributed by atoms with Gasteiger partial charge in [0.15, 0.2) is 0 Å². The molecule has 0 aliphatic carbocycles. The van der Waals surface area contributed by atoms with E-state index >= 15 is 0 Å². The van der Waals surface area contributed by atoms with Gasteiger partial charge in [-0.15, -0.1) is 0 Å². The van der Waals surface area contributed by atoms with Crippen LogP contribution in [0.5, 0.6) is 0 Å². The molecule has 1 saturated heterocycles. The van der Waals surface area contributed by atoms with Crippen LogP contribution >= 0.6 is 0 Å². The number of carbonyl (C=O) groups excluding carboxylic acids is 1. The molecule has 0 saturated carbocycles. The van der Waals surface area contributed by atoms with E-state index in [1.54, 1.807) is 11.8 Å². The van der Waals surface area contributed by atoms with Gasteiger partial charge >= 0.3 is 5.97 Å². The number of hydrogen-bond acceptors (Lipinski definition) is 3. The van der Waals surface area contributed by atoms with E-state index in [4.69, 9.17) is 9.84 Å². The molecule has 1 rings (SSSR count). The van der Waals surface area contributed by atoms with Gasteiger partial charge in [0.25, 0.3) is 5.91 Å². The maximum Gasteiger partial charge on any atom is 0.308 e. The van der Waals surface area contributed by atoms with Crippen molar-refractivity contribution in [2.45, 2.75) is 32.3 Å². The summed E-state index contributed by atoms with van der Waals surface area (Å²) in [5, 5.41) is 8.86. The zero-order valence-electron chi connectivity index (χ0n) is 10.0. The number of hydrogen-bond donors (Lipinski definition) is 1. The van der Waals surface area contributed by atoms with Crippen molar-refractivity contribution in [1.82, 2.24) is 4.90 Å². The molecule has 0 aromatic heterocycles. The first kappa shape index (κ1) is 13.0. The monoisotopic (exact) mass is 229 g/mol. The van der Waals surface area contributed by atoms with Crippen molar-refractivity contribution >= 4 is 11.9 Å². The minimum absolute atomic E-state index is 0.110. The van der Waals surface area contributed by atoms with Crippen LogP contribution in [0.3, 0.4) is 0 Å². The van der Waals surface area contributed by atoms with Gasteiger partial charge in [0.05, 0.1) is 5.92 Å². The molecule has 1 fully saturated rings. The minimum atomic E-state index is -0.828. The average Bonchev–Trinajstić information content (AvgIpc) is 2.76. The molecule has 1 amide bonds. The van der Waals surface area contributed by atoms with Crippen LogP contribution in [-0.2, 0) is 14.3 Å². The summed E-state index contributed by atoms with van der Waals surface area (Å²) >= 11 is 0. The van der Waals surface area contributed by atoms with Crippen molar-refractivity contribution < 1.29 is 19.4 Å². The lowest BCUT2D eigenvalue weighted by Crippen LogP contribution is -2.47. The van der Waals surface area contributed by atoms with Crippen LogP contribution in [0.1, 0.15) is 26.7 Å². The number of methoxy groups -OCH3 is 1. The number of carboxylic acids is 1. The standard InChI is InChI=1S/C11H19NO4/c1-4-11(2,16-3)10(15)12-6-5-8(7-12)9(13)14/h8H,4-7H2,1-3H3,(H,13,14). The molecule has 16 heavy (non-hydrogen) atoms. The molecule has 0 aromatic rings. The maximum atomic E-state index is 12.1. The number of ether oxygens (including phenoxy) is 1. The third-order valence-electron chi connectivity index (χ3n) is 3.40. The van der Waals surface area contributed by atoms with E-state index in [2.05, 4.69) is 0 Å². The number of carbonyl (C=O) groups is 2. The second-order valence-electron chi connectivity index (χ2n) is 4.36. The van der Waals surface area contributed by atoms with Gasteiger partial charge in [-0.1, -0.05) is 6.92 Å². The summed E-state index contributed by atoms with van der Waals surface area (Å²) in [6, 6.07) is 0. The zero-order valence-corrected chi connectivity index (χ0v) is 10.0. The Morgan fingerprint density at radius 1 is 1.56 bits per heavy atom. The Kier molecular flexibility index (Phi) is 3.91. The SMILES string of the molecule is CCC(C)(OC)C(=O)N1CCC(C(=O)O)C1. The predicted molar refractivity (Wildman–Crippen MR) is 58.0 cm³/mol. The van der Waals surface area contributed by atoms with Crippen molar-refractivity contribution in [2.75, 3.05) is 20.2 Å². The zero-order chi connectivity index (χ0) is 12.3. The van der Waals surface area contributed by atoms with Crippen LogP contribution < -0.4 is 0 Å². The van der Waals surface area contributed by atoms with Gasteiger partial charge in [0.1, 0.15) is 5.60 Å². The van der Waals surface area contributed by atoms with E-state index in [1.165, 1.54) is 7.11 Å². The Morgan fingerprint density at radius 3 is 2.56 bits per heavy atom. The lowest BCUT2D eigenvalue weighted by atomic mass is 10.0. The number of likely N-dealkylation sites (tertiary alicyclic amines) is 1. The quantitative estimate of drug-likeness (QED) is 0.772. The number of rotatable bonds is 4. The Hall–Kier alpha value is -1.10. The van der Waals surface area contributed by atoms with E-state index in [9.17, 15) is 9.59 Å². The molecule has 2 unspecified atom stereocenters. The fraction of sp³-hybridized carbons (Fsp3) is 0.818. The molecule has 0 spiro atoms. The highest BCUT2D eigenvalue weighted by atomic mass is 16.5. The summed E-state index contributed by atoms with van der Waals surface area (Å²) in [5.74, 6) is -1.37. The molecular formula is C11H19NO4. The first-order valence-electron chi connectivity index (χ1n) is 5.52. The Morgan fingerprint density at radius 2 is 2.19 bits per heavy atom. The summed E-state index contributed by atoms with van der Waals surface area (Å²) < 4.78 is 5.22. The van der Waals surface area contributed by atoms with Crippen molar-refractivity contribution in [2.24, 2.45) is 5.92 Å². The van der Waals surface area contributed by atoms with Crippen LogP contribution in [0.2, 0.25) is 0 Å². The fourth-order valence-electron chi connectivity index (χ4n) is 1.86. The molecule has 92 valence electrons. The second-order valence-corrected chi connectivity index (χ2v) is 4.36. The molecule has 0 bridgehead atoms. The Labute approximate surface area is 95.4 Å². The highest BCUT2D eigenvalue weighted by molar-refractivity contribution is 5.86. The molecule has 1 aliphatic rings. The molecular weight excluding hydrogens is 210 g/mol. The normalized spacial score (nSPS) is 24.2. The van der Waals surface area contributed by atoms with Crippen LogP contribution in [0.15, 0.2) is 0 Å². The summed E-state index contributed by atoms with van der Waals surface area (Å²) in [7, 11) is 1.51. The van der Waals surface area contributed by atoms with Crippen molar-refractivity contribution in [1.29, 1.82) is 0 Å². The predicted octanol–water partition coefficient (Wildman–Crippen LogP) is 0.735. The van der Waals surface area contributed by atoms with Crippen LogP contribution in [0.25, 0.3) is 0 Å². The topological polar surface area (TPSA) is 66.8 Å². The maximum absolute atomic E-state index is 12.1. The van der Waals surface area contributed by atoms with E-state index in [0.717, 1.165) is 0 Å². The highest BCUT2D eigenvalue weighted by Crippen LogP contribution is 2.23. The van der Waals surface area contributed by atoms with E-state index in [0.29, 0.717) is 25.9 Å². The Balaban J connectivity index is 2.67. The van der Waals surface area contributed by atoms with Crippen molar-refractivity contribution in [3.8, 4) is 0 Å². The van der Waals surface area contributed by atoms with Gasteiger partial charge in [-0.05, 0) is 19.8 Å². The molecule has 2 atom stereocenters. The smallest absolute Gasteiger partial charge is 0.308 e. The van der Waals surface area contributed by atoms with Gasteiger partial charge in [-0.25, -0.2) is 0 Å². The third kappa shape index (κ3) is 2.35. The molecule has 1 aliphatic heterocycles. The summed E-state index contributed by atoms with van der Waals surface area (Å²) in [6.07, 6.45) is 1.11. The van der Waals surface area contributed by atoms with Gasteiger partial charge in [0, 0.05) is 20.2 Å².